The van der Waals surface area contributed by atoms with Gasteiger partial charge in [-0.15, -0.1) is 0 Å². The molecular weight excluding hydrogens is 301 g/mol. The third-order valence-electron chi connectivity index (χ3n) is 3.92. The summed E-state index contributed by atoms with van der Waals surface area (Å²) < 4.78 is 23.7. The highest BCUT2D eigenvalue weighted by Crippen LogP contribution is 2.26. The highest BCUT2D eigenvalue weighted by molar-refractivity contribution is 5.74. The lowest BCUT2D eigenvalue weighted by Crippen LogP contribution is -2.27. The van der Waals surface area contributed by atoms with Crippen molar-refractivity contribution >= 4 is 5.97 Å². The topological polar surface area (TPSA) is 76.4 Å². The SMILES string of the molecule is Cc1nc(COC(=O)C2CNNC2c2ccc(F)cc2)oc1C. The number of halogens is 1. The first-order chi connectivity index (χ1) is 11.0. The molecule has 6 nitrogen and oxygen atoms in total. The molecule has 2 unspecified atom stereocenters. The molecule has 2 aromatic rings. The maximum atomic E-state index is 13.0. The number of aromatic nitrogens is 1. The molecule has 23 heavy (non-hydrogen) atoms. The van der Waals surface area contributed by atoms with Crippen molar-refractivity contribution in [1.82, 2.24) is 15.8 Å². The van der Waals surface area contributed by atoms with E-state index in [2.05, 4.69) is 15.8 Å². The molecule has 7 heteroatoms. The number of nitrogens with zero attached hydrogens (tertiary/aromatic N) is 1. The van der Waals surface area contributed by atoms with Gasteiger partial charge in [-0.3, -0.25) is 10.2 Å². The number of esters is 1. The molecule has 1 aliphatic heterocycles. The van der Waals surface area contributed by atoms with Crippen LogP contribution in [-0.4, -0.2) is 17.5 Å². The zero-order valence-electron chi connectivity index (χ0n) is 12.9. The standard InChI is InChI=1S/C16H18FN3O3/c1-9-10(2)23-14(19-9)8-22-16(21)13-7-18-20-15(13)11-3-5-12(17)6-4-11/h3-6,13,15,18,20H,7-8H2,1-2H3. The van der Waals surface area contributed by atoms with E-state index in [0.717, 1.165) is 11.3 Å². The second kappa shape index (κ2) is 6.47. The highest BCUT2D eigenvalue weighted by atomic mass is 19.1. The average molecular weight is 319 g/mol. The van der Waals surface area contributed by atoms with Crippen molar-refractivity contribution in [3.63, 3.8) is 0 Å². The smallest absolute Gasteiger partial charge is 0.312 e. The van der Waals surface area contributed by atoms with E-state index in [4.69, 9.17) is 9.15 Å². The first-order valence-corrected chi connectivity index (χ1v) is 7.38. The lowest BCUT2D eigenvalue weighted by atomic mass is 9.95. The quantitative estimate of drug-likeness (QED) is 0.839. The van der Waals surface area contributed by atoms with Gasteiger partial charge in [-0.2, -0.15) is 0 Å². The predicted octanol–water partition coefficient (Wildman–Crippen LogP) is 1.94. The van der Waals surface area contributed by atoms with Crippen LogP contribution in [0.3, 0.4) is 0 Å². The number of oxazole rings is 1. The Morgan fingerprint density at radius 3 is 2.78 bits per heavy atom. The van der Waals surface area contributed by atoms with Gasteiger partial charge in [0.2, 0.25) is 5.89 Å². The van der Waals surface area contributed by atoms with E-state index in [-0.39, 0.29) is 24.4 Å². The number of hydrogen-bond donors (Lipinski definition) is 2. The second-order valence-electron chi connectivity index (χ2n) is 5.52. The maximum absolute atomic E-state index is 13.0. The minimum absolute atomic E-state index is 0.000150. The molecule has 2 heterocycles. The van der Waals surface area contributed by atoms with Crippen LogP contribution in [0, 0.1) is 25.6 Å². The molecule has 1 aromatic heterocycles. The Labute approximate surface area is 133 Å². The molecule has 0 spiro atoms. The summed E-state index contributed by atoms with van der Waals surface area (Å²) in [6.07, 6.45) is 0. The Bertz CT molecular complexity index is 680. The monoisotopic (exact) mass is 319 g/mol. The van der Waals surface area contributed by atoms with E-state index in [1.807, 2.05) is 13.8 Å². The van der Waals surface area contributed by atoms with E-state index in [0.29, 0.717) is 18.2 Å². The summed E-state index contributed by atoms with van der Waals surface area (Å²) >= 11 is 0. The summed E-state index contributed by atoms with van der Waals surface area (Å²) in [4.78, 5) is 16.5. The van der Waals surface area contributed by atoms with Crippen LogP contribution in [0.15, 0.2) is 28.7 Å². The van der Waals surface area contributed by atoms with Crippen molar-refractivity contribution in [2.45, 2.75) is 26.5 Å². The van der Waals surface area contributed by atoms with Gasteiger partial charge in [0.15, 0.2) is 6.61 Å². The van der Waals surface area contributed by atoms with Gasteiger partial charge in [-0.1, -0.05) is 12.1 Å². The summed E-state index contributed by atoms with van der Waals surface area (Å²) in [5.74, 6) is 0.0199. The van der Waals surface area contributed by atoms with Crippen molar-refractivity contribution in [2.24, 2.45) is 5.92 Å². The Morgan fingerprint density at radius 1 is 1.39 bits per heavy atom. The first-order valence-electron chi connectivity index (χ1n) is 7.38. The maximum Gasteiger partial charge on any atom is 0.312 e. The Balaban J connectivity index is 1.64. The molecule has 0 radical (unpaired) electrons. The van der Waals surface area contributed by atoms with Crippen LogP contribution in [0.5, 0.6) is 0 Å². The molecule has 1 aliphatic rings. The molecule has 0 bridgehead atoms. The van der Waals surface area contributed by atoms with Gasteiger partial charge in [0.1, 0.15) is 11.6 Å². The number of aryl methyl sites for hydroxylation is 2. The van der Waals surface area contributed by atoms with Gasteiger partial charge in [-0.25, -0.2) is 14.8 Å². The number of carbonyl (C=O) groups is 1. The average Bonchev–Trinajstić information content (AvgIpc) is 3.13. The molecule has 3 rings (SSSR count). The Morgan fingerprint density at radius 2 is 2.13 bits per heavy atom. The molecule has 122 valence electrons. The van der Waals surface area contributed by atoms with Crippen LogP contribution in [0.1, 0.15) is 29.0 Å². The number of hydrogen-bond acceptors (Lipinski definition) is 6. The number of carbonyl (C=O) groups excluding carboxylic acids is 1. The Kier molecular flexibility index (Phi) is 4.40. The molecule has 2 atom stereocenters. The number of benzene rings is 1. The van der Waals surface area contributed by atoms with Gasteiger partial charge < -0.3 is 9.15 Å². The van der Waals surface area contributed by atoms with Crippen molar-refractivity contribution in [3.8, 4) is 0 Å². The summed E-state index contributed by atoms with van der Waals surface area (Å²) in [6, 6.07) is 5.78. The van der Waals surface area contributed by atoms with E-state index < -0.39 is 5.92 Å². The van der Waals surface area contributed by atoms with E-state index in [9.17, 15) is 9.18 Å². The highest BCUT2D eigenvalue weighted by Gasteiger charge is 2.35. The van der Waals surface area contributed by atoms with Crippen molar-refractivity contribution < 1.29 is 18.3 Å². The van der Waals surface area contributed by atoms with Crippen molar-refractivity contribution in [2.75, 3.05) is 6.54 Å². The third kappa shape index (κ3) is 3.40. The summed E-state index contributed by atoms with van der Waals surface area (Å²) in [6.45, 7) is 4.08. The van der Waals surface area contributed by atoms with Crippen LogP contribution in [0.2, 0.25) is 0 Å². The minimum Gasteiger partial charge on any atom is -0.455 e. The second-order valence-corrected chi connectivity index (χ2v) is 5.52. The van der Waals surface area contributed by atoms with Gasteiger partial charge in [0.25, 0.3) is 0 Å². The largest absolute Gasteiger partial charge is 0.455 e. The molecular formula is C16H18FN3O3. The van der Waals surface area contributed by atoms with E-state index in [1.165, 1.54) is 12.1 Å². The van der Waals surface area contributed by atoms with Crippen LogP contribution in [-0.2, 0) is 16.1 Å². The molecule has 1 aromatic carbocycles. The Hall–Kier alpha value is -2.25. The molecule has 0 amide bonds. The lowest BCUT2D eigenvalue weighted by molar-refractivity contribution is -0.150. The lowest BCUT2D eigenvalue weighted by Gasteiger charge is -2.17. The van der Waals surface area contributed by atoms with E-state index >= 15 is 0 Å². The summed E-state index contributed by atoms with van der Waals surface area (Å²) in [5.41, 5.74) is 7.57. The van der Waals surface area contributed by atoms with Crippen LogP contribution >= 0.6 is 0 Å². The van der Waals surface area contributed by atoms with Crippen molar-refractivity contribution in [3.05, 3.63) is 53.0 Å². The zero-order valence-corrected chi connectivity index (χ0v) is 12.9. The molecule has 1 fully saturated rings. The van der Waals surface area contributed by atoms with Gasteiger partial charge in [0.05, 0.1) is 17.7 Å². The fraction of sp³-hybridized carbons (Fsp3) is 0.375. The van der Waals surface area contributed by atoms with Crippen LogP contribution in [0.25, 0.3) is 0 Å². The fourth-order valence-electron chi connectivity index (χ4n) is 2.54. The summed E-state index contributed by atoms with van der Waals surface area (Å²) in [5, 5.41) is 0. The van der Waals surface area contributed by atoms with Crippen molar-refractivity contribution in [1.29, 1.82) is 0 Å². The predicted molar refractivity (Wildman–Crippen MR) is 79.5 cm³/mol. The van der Waals surface area contributed by atoms with Gasteiger partial charge in [-0.05, 0) is 31.5 Å². The number of hydrazine groups is 1. The third-order valence-corrected chi connectivity index (χ3v) is 3.92. The fourth-order valence-corrected chi connectivity index (χ4v) is 2.54. The molecule has 0 saturated carbocycles. The molecule has 0 aliphatic carbocycles. The number of ether oxygens (including phenoxy) is 1. The molecule has 1 saturated heterocycles. The normalized spacial score (nSPS) is 20.7. The first kappa shape index (κ1) is 15.6. The zero-order chi connectivity index (χ0) is 16.4. The van der Waals surface area contributed by atoms with Crippen LogP contribution in [0.4, 0.5) is 4.39 Å². The van der Waals surface area contributed by atoms with Gasteiger partial charge >= 0.3 is 5.97 Å². The minimum atomic E-state index is -0.405. The summed E-state index contributed by atoms with van der Waals surface area (Å²) in [7, 11) is 0. The van der Waals surface area contributed by atoms with Crippen LogP contribution < -0.4 is 10.9 Å². The number of rotatable bonds is 4. The van der Waals surface area contributed by atoms with Gasteiger partial charge in [0, 0.05) is 6.54 Å². The molecule has 2 N–H and O–H groups in total. The van der Waals surface area contributed by atoms with E-state index in [1.54, 1.807) is 12.1 Å². The number of nitrogens with one attached hydrogen (secondary N) is 2.